The number of hydrogen-bond acceptors (Lipinski definition) is 2. The Kier molecular flexibility index (Phi) is 4.28. The molecule has 0 spiro atoms. The molecule has 2 N–H and O–H groups in total. The van der Waals surface area contributed by atoms with E-state index in [1.807, 2.05) is 0 Å². The molecule has 0 radical (unpaired) electrons. The summed E-state index contributed by atoms with van der Waals surface area (Å²) in [6, 6.07) is 1.68. The molecule has 1 aromatic rings. The van der Waals surface area contributed by atoms with E-state index in [1.165, 1.54) is 0 Å². The molecule has 0 atom stereocenters. The summed E-state index contributed by atoms with van der Waals surface area (Å²) in [5.74, 6) is 0. The van der Waals surface area contributed by atoms with Crippen molar-refractivity contribution in [2.75, 3.05) is 0 Å². The summed E-state index contributed by atoms with van der Waals surface area (Å²) >= 11 is 4.64. The van der Waals surface area contributed by atoms with Gasteiger partial charge in [0.2, 0.25) is 0 Å². The molecule has 0 aliphatic heterocycles. The fourth-order valence-corrected chi connectivity index (χ4v) is 1.44. The molecule has 17 heavy (non-hydrogen) atoms. The van der Waals surface area contributed by atoms with Crippen LogP contribution in [0.2, 0.25) is 0 Å². The molecule has 3 nitrogen and oxygen atoms in total. The van der Waals surface area contributed by atoms with Crippen molar-refractivity contribution >= 4 is 17.2 Å². The lowest BCUT2D eigenvalue weighted by Crippen LogP contribution is -2.22. The largest absolute Gasteiger partial charge is 0.417 e. The number of aromatic nitrogens is 1. The molecule has 94 valence electrons. The lowest BCUT2D eigenvalue weighted by atomic mass is 10.2. The zero-order valence-electron chi connectivity index (χ0n) is 8.83. The SMILES string of the molecule is NC(=S)CCCn1cc(C(F)(F)F)ccc1=O. The van der Waals surface area contributed by atoms with E-state index in [9.17, 15) is 18.0 Å². The van der Waals surface area contributed by atoms with E-state index in [4.69, 9.17) is 5.73 Å². The Morgan fingerprint density at radius 2 is 2.06 bits per heavy atom. The highest BCUT2D eigenvalue weighted by Crippen LogP contribution is 2.27. The van der Waals surface area contributed by atoms with Crippen molar-refractivity contribution in [1.29, 1.82) is 0 Å². The monoisotopic (exact) mass is 264 g/mol. The quantitative estimate of drug-likeness (QED) is 0.845. The van der Waals surface area contributed by atoms with Gasteiger partial charge < -0.3 is 10.3 Å². The molecule has 0 aliphatic rings. The summed E-state index contributed by atoms with van der Waals surface area (Å²) in [7, 11) is 0. The smallest absolute Gasteiger partial charge is 0.393 e. The van der Waals surface area contributed by atoms with Gasteiger partial charge in [-0.1, -0.05) is 12.2 Å². The highest BCUT2D eigenvalue weighted by Gasteiger charge is 2.30. The molecule has 0 amide bonds. The summed E-state index contributed by atoms with van der Waals surface area (Å²) in [5, 5.41) is 0. The summed E-state index contributed by atoms with van der Waals surface area (Å²) < 4.78 is 38.2. The molecule has 0 bridgehead atoms. The van der Waals surface area contributed by atoms with Crippen LogP contribution < -0.4 is 11.3 Å². The predicted molar refractivity (Wildman–Crippen MR) is 61.7 cm³/mol. The van der Waals surface area contributed by atoms with Crippen LogP contribution in [-0.4, -0.2) is 9.56 Å². The summed E-state index contributed by atoms with van der Waals surface area (Å²) in [5.41, 5.74) is 3.95. The summed E-state index contributed by atoms with van der Waals surface area (Å²) in [6.45, 7) is 0.167. The van der Waals surface area contributed by atoms with Gasteiger partial charge >= 0.3 is 6.18 Å². The average molecular weight is 264 g/mol. The van der Waals surface area contributed by atoms with Crippen molar-refractivity contribution in [3.05, 3.63) is 34.2 Å². The van der Waals surface area contributed by atoms with Gasteiger partial charge in [-0.3, -0.25) is 4.79 Å². The molecule has 7 heteroatoms. The van der Waals surface area contributed by atoms with Gasteiger partial charge in [0.15, 0.2) is 0 Å². The van der Waals surface area contributed by atoms with Crippen molar-refractivity contribution in [3.8, 4) is 0 Å². The first-order valence-electron chi connectivity index (χ1n) is 4.86. The van der Waals surface area contributed by atoms with E-state index in [1.54, 1.807) is 0 Å². The normalized spacial score (nSPS) is 11.5. The second kappa shape index (κ2) is 5.31. The standard InChI is InChI=1S/C10H11F3N2OS/c11-10(12,13)7-3-4-9(16)15(6-7)5-1-2-8(14)17/h3-4,6H,1-2,5H2,(H2,14,17). The van der Waals surface area contributed by atoms with E-state index in [-0.39, 0.29) is 11.5 Å². The Balaban J connectivity index is 2.84. The van der Waals surface area contributed by atoms with E-state index < -0.39 is 17.3 Å². The Morgan fingerprint density at radius 1 is 1.41 bits per heavy atom. The van der Waals surface area contributed by atoms with E-state index >= 15 is 0 Å². The van der Waals surface area contributed by atoms with Crippen molar-refractivity contribution < 1.29 is 13.2 Å². The third kappa shape index (κ3) is 4.18. The number of nitrogens with zero attached hydrogens (tertiary/aromatic N) is 1. The zero-order valence-corrected chi connectivity index (χ0v) is 9.64. The molecule has 0 saturated heterocycles. The highest BCUT2D eigenvalue weighted by atomic mass is 32.1. The summed E-state index contributed by atoms with van der Waals surface area (Å²) in [6.07, 6.45) is -2.80. The zero-order chi connectivity index (χ0) is 13.1. The lowest BCUT2D eigenvalue weighted by Gasteiger charge is -2.10. The third-order valence-corrected chi connectivity index (χ3v) is 2.34. The first-order valence-corrected chi connectivity index (χ1v) is 5.27. The Labute approximate surface area is 101 Å². The fourth-order valence-electron chi connectivity index (χ4n) is 1.30. The molecule has 1 aromatic heterocycles. The minimum atomic E-state index is -4.45. The molecule has 0 unspecified atom stereocenters. The second-order valence-electron chi connectivity index (χ2n) is 3.52. The van der Waals surface area contributed by atoms with E-state index in [0.717, 1.165) is 22.9 Å². The minimum absolute atomic E-state index is 0.167. The number of alkyl halides is 3. The Hall–Kier alpha value is -1.37. The van der Waals surface area contributed by atoms with Crippen molar-refractivity contribution in [2.24, 2.45) is 5.73 Å². The van der Waals surface area contributed by atoms with Crippen LogP contribution in [0.3, 0.4) is 0 Å². The Morgan fingerprint density at radius 3 is 2.59 bits per heavy atom. The first kappa shape index (κ1) is 13.7. The van der Waals surface area contributed by atoms with Crippen LogP contribution in [0.5, 0.6) is 0 Å². The topological polar surface area (TPSA) is 48.0 Å². The van der Waals surface area contributed by atoms with Gasteiger partial charge in [-0.25, -0.2) is 0 Å². The number of hydrogen-bond donors (Lipinski definition) is 1. The molecular formula is C10H11F3N2OS. The number of rotatable bonds is 4. The Bertz CT molecular complexity index is 467. The van der Waals surface area contributed by atoms with Crippen LogP contribution >= 0.6 is 12.2 Å². The molecule has 0 saturated carbocycles. The number of pyridine rings is 1. The molecule has 0 aromatic carbocycles. The van der Waals surface area contributed by atoms with Gasteiger partial charge in [-0.2, -0.15) is 13.2 Å². The maximum atomic E-state index is 12.4. The molecular weight excluding hydrogens is 253 g/mol. The molecule has 1 heterocycles. The second-order valence-corrected chi connectivity index (χ2v) is 4.04. The number of thiocarbonyl (C=S) groups is 1. The third-order valence-electron chi connectivity index (χ3n) is 2.13. The van der Waals surface area contributed by atoms with Gasteiger partial charge in [0.05, 0.1) is 10.6 Å². The fraction of sp³-hybridized carbons (Fsp3) is 0.400. The van der Waals surface area contributed by atoms with Gasteiger partial charge in [-0.15, -0.1) is 0 Å². The van der Waals surface area contributed by atoms with Crippen LogP contribution in [0, 0.1) is 0 Å². The van der Waals surface area contributed by atoms with Crippen LogP contribution in [-0.2, 0) is 12.7 Å². The van der Waals surface area contributed by atoms with Gasteiger partial charge in [0.25, 0.3) is 5.56 Å². The molecule has 0 aliphatic carbocycles. The lowest BCUT2D eigenvalue weighted by molar-refractivity contribution is -0.138. The van der Waals surface area contributed by atoms with Gasteiger partial charge in [0.1, 0.15) is 0 Å². The van der Waals surface area contributed by atoms with Crippen LogP contribution in [0.15, 0.2) is 23.1 Å². The maximum absolute atomic E-state index is 12.4. The number of aryl methyl sites for hydroxylation is 1. The number of halogens is 3. The van der Waals surface area contributed by atoms with Crippen molar-refractivity contribution in [1.82, 2.24) is 4.57 Å². The van der Waals surface area contributed by atoms with Gasteiger partial charge in [0, 0.05) is 18.8 Å². The maximum Gasteiger partial charge on any atom is 0.417 e. The molecule has 1 rings (SSSR count). The minimum Gasteiger partial charge on any atom is -0.393 e. The van der Waals surface area contributed by atoms with E-state index in [2.05, 4.69) is 12.2 Å². The van der Waals surface area contributed by atoms with Gasteiger partial charge in [-0.05, 0) is 18.9 Å². The average Bonchev–Trinajstić information content (AvgIpc) is 2.18. The predicted octanol–water partition coefficient (Wildman–Crippen LogP) is 1.93. The van der Waals surface area contributed by atoms with Crippen molar-refractivity contribution in [2.45, 2.75) is 25.6 Å². The van der Waals surface area contributed by atoms with Crippen LogP contribution in [0.1, 0.15) is 18.4 Å². The number of nitrogens with two attached hydrogens (primary N) is 1. The highest BCUT2D eigenvalue weighted by molar-refractivity contribution is 7.80. The van der Waals surface area contributed by atoms with E-state index in [0.29, 0.717) is 12.8 Å². The first-order chi connectivity index (χ1) is 7.80. The van der Waals surface area contributed by atoms with Crippen molar-refractivity contribution in [3.63, 3.8) is 0 Å². The van der Waals surface area contributed by atoms with Crippen LogP contribution in [0.25, 0.3) is 0 Å². The summed E-state index contributed by atoms with van der Waals surface area (Å²) in [4.78, 5) is 11.6. The van der Waals surface area contributed by atoms with Crippen LogP contribution in [0.4, 0.5) is 13.2 Å². The molecule has 0 fully saturated rings.